The molecule has 0 radical (unpaired) electrons. The van der Waals surface area contributed by atoms with Crippen LogP contribution < -0.4 is 10.6 Å². The molecule has 2 rings (SSSR count). The van der Waals surface area contributed by atoms with E-state index in [2.05, 4.69) is 10.6 Å². The van der Waals surface area contributed by atoms with E-state index in [1.807, 2.05) is 24.3 Å². The lowest BCUT2D eigenvalue weighted by Crippen LogP contribution is -2.30. The van der Waals surface area contributed by atoms with Crippen LogP contribution in [0.2, 0.25) is 0 Å². The number of hydrogen-bond donors (Lipinski definition) is 2. The molecule has 1 heterocycles. The Balaban J connectivity index is 2.35. The molecule has 74 valence electrons. The maximum Gasteiger partial charge on any atom is 0.227 e. The van der Waals surface area contributed by atoms with Gasteiger partial charge in [-0.2, -0.15) is 0 Å². The van der Waals surface area contributed by atoms with Gasteiger partial charge in [-0.15, -0.1) is 0 Å². The number of carbonyl (C=O) groups excluding carboxylic acids is 1. The number of anilines is 1. The second kappa shape index (κ2) is 3.70. The predicted octanol–water partition coefficient (Wildman–Crippen LogP) is 1.33. The van der Waals surface area contributed by atoms with E-state index in [4.69, 9.17) is 0 Å². The summed E-state index contributed by atoms with van der Waals surface area (Å²) in [6.07, 6.45) is 0.872. The summed E-state index contributed by atoms with van der Waals surface area (Å²) in [5.41, 5.74) is 2.20. The minimum absolute atomic E-state index is 0.0115. The molecule has 0 unspecified atom stereocenters. The minimum Gasteiger partial charge on any atom is -0.385 e. The molecule has 0 saturated carbocycles. The number of carbonyl (C=O) groups is 1. The molecule has 1 amide bonds. The summed E-state index contributed by atoms with van der Waals surface area (Å²) >= 11 is 0. The summed E-state index contributed by atoms with van der Waals surface area (Å²) in [6, 6.07) is 7.99. The van der Waals surface area contributed by atoms with E-state index in [-0.39, 0.29) is 11.8 Å². The molecule has 0 spiro atoms. The largest absolute Gasteiger partial charge is 0.385 e. The number of hydrogen-bond acceptors (Lipinski definition) is 2. The van der Waals surface area contributed by atoms with Crippen LogP contribution in [0.25, 0.3) is 0 Å². The normalized spacial score (nSPS) is 19.4. The van der Waals surface area contributed by atoms with Crippen LogP contribution in [0, 0.1) is 0 Å². The van der Waals surface area contributed by atoms with Crippen molar-refractivity contribution in [2.24, 2.45) is 0 Å². The van der Waals surface area contributed by atoms with E-state index in [9.17, 15) is 4.79 Å². The van der Waals surface area contributed by atoms with E-state index in [0.29, 0.717) is 0 Å². The quantitative estimate of drug-likeness (QED) is 0.701. The molecule has 3 heteroatoms. The highest BCUT2D eigenvalue weighted by atomic mass is 16.1. The lowest BCUT2D eigenvalue weighted by atomic mass is 9.90. The molecule has 1 aliphatic heterocycles. The van der Waals surface area contributed by atoms with Crippen molar-refractivity contribution in [1.29, 1.82) is 0 Å². The van der Waals surface area contributed by atoms with E-state index in [0.717, 1.165) is 24.2 Å². The first-order chi connectivity index (χ1) is 6.83. The number of fused-ring (bicyclic) bond motifs is 1. The van der Waals surface area contributed by atoms with Gasteiger partial charge < -0.3 is 10.6 Å². The Morgan fingerprint density at radius 2 is 2.29 bits per heavy atom. The standard InChI is InChI=1S/C11H14N2O/c1-12-11(14)9-6-7-13-10-5-3-2-4-8(9)10/h2-5,9,13H,6-7H2,1H3,(H,12,14)/t9-/m1/s1. The van der Waals surface area contributed by atoms with Gasteiger partial charge in [0.25, 0.3) is 0 Å². The van der Waals surface area contributed by atoms with Crippen LogP contribution in [-0.2, 0) is 4.79 Å². The highest BCUT2D eigenvalue weighted by molar-refractivity contribution is 5.86. The van der Waals surface area contributed by atoms with Crippen LogP contribution >= 0.6 is 0 Å². The maximum atomic E-state index is 11.6. The fourth-order valence-corrected chi connectivity index (χ4v) is 1.92. The van der Waals surface area contributed by atoms with Gasteiger partial charge in [-0.05, 0) is 18.1 Å². The fraction of sp³-hybridized carbons (Fsp3) is 0.364. The van der Waals surface area contributed by atoms with E-state index in [1.54, 1.807) is 7.05 Å². The Labute approximate surface area is 83.5 Å². The van der Waals surface area contributed by atoms with Crippen LogP contribution in [0.3, 0.4) is 0 Å². The number of benzene rings is 1. The second-order valence-corrected chi connectivity index (χ2v) is 3.47. The van der Waals surface area contributed by atoms with Gasteiger partial charge in [-0.3, -0.25) is 4.79 Å². The molecule has 1 aromatic rings. The Morgan fingerprint density at radius 1 is 1.50 bits per heavy atom. The number of amides is 1. The van der Waals surface area contributed by atoms with Gasteiger partial charge in [-0.1, -0.05) is 18.2 Å². The molecule has 1 aromatic carbocycles. The van der Waals surface area contributed by atoms with Crippen LogP contribution in [0.5, 0.6) is 0 Å². The summed E-state index contributed by atoms with van der Waals surface area (Å²) in [6.45, 7) is 0.870. The lowest BCUT2D eigenvalue weighted by Gasteiger charge is -2.25. The van der Waals surface area contributed by atoms with Crippen molar-refractivity contribution in [3.63, 3.8) is 0 Å². The van der Waals surface area contributed by atoms with Crippen LogP contribution in [0.15, 0.2) is 24.3 Å². The molecule has 2 N–H and O–H groups in total. The third kappa shape index (κ3) is 1.45. The van der Waals surface area contributed by atoms with Crippen molar-refractivity contribution >= 4 is 11.6 Å². The third-order valence-electron chi connectivity index (χ3n) is 2.65. The number of likely N-dealkylation sites (N-methyl/N-ethyl adjacent to an activating group) is 1. The van der Waals surface area contributed by atoms with E-state index < -0.39 is 0 Å². The monoisotopic (exact) mass is 190 g/mol. The summed E-state index contributed by atoms with van der Waals surface area (Å²) in [5.74, 6) is 0.122. The molecule has 1 atom stereocenters. The smallest absolute Gasteiger partial charge is 0.227 e. The van der Waals surface area contributed by atoms with Crippen molar-refractivity contribution in [3.05, 3.63) is 29.8 Å². The Hall–Kier alpha value is -1.51. The third-order valence-corrected chi connectivity index (χ3v) is 2.65. The van der Waals surface area contributed by atoms with Gasteiger partial charge in [0.2, 0.25) is 5.91 Å². The van der Waals surface area contributed by atoms with Gasteiger partial charge in [0.15, 0.2) is 0 Å². The van der Waals surface area contributed by atoms with Crippen molar-refractivity contribution < 1.29 is 4.79 Å². The van der Waals surface area contributed by atoms with Gasteiger partial charge >= 0.3 is 0 Å². The number of rotatable bonds is 1. The Kier molecular flexibility index (Phi) is 2.39. The first kappa shape index (κ1) is 9.06. The van der Waals surface area contributed by atoms with Crippen LogP contribution in [0.1, 0.15) is 17.9 Å². The predicted molar refractivity (Wildman–Crippen MR) is 56.4 cm³/mol. The Bertz CT molecular complexity index is 349. The van der Waals surface area contributed by atoms with Gasteiger partial charge in [0.05, 0.1) is 5.92 Å². The first-order valence-corrected chi connectivity index (χ1v) is 4.87. The van der Waals surface area contributed by atoms with Gasteiger partial charge in [0.1, 0.15) is 0 Å². The molecule has 0 aliphatic carbocycles. The Morgan fingerprint density at radius 3 is 3.07 bits per heavy atom. The zero-order chi connectivity index (χ0) is 9.97. The van der Waals surface area contributed by atoms with E-state index >= 15 is 0 Å². The minimum atomic E-state index is 0.0115. The summed E-state index contributed by atoms with van der Waals surface area (Å²) in [7, 11) is 1.69. The number of nitrogens with one attached hydrogen (secondary N) is 2. The maximum absolute atomic E-state index is 11.6. The molecule has 1 aliphatic rings. The molecule has 0 saturated heterocycles. The van der Waals surface area contributed by atoms with Crippen molar-refractivity contribution in [1.82, 2.24) is 5.32 Å². The summed E-state index contributed by atoms with van der Waals surface area (Å²) in [5, 5.41) is 6.00. The van der Waals surface area contributed by atoms with Crippen molar-refractivity contribution in [3.8, 4) is 0 Å². The highest BCUT2D eigenvalue weighted by Crippen LogP contribution is 2.30. The highest BCUT2D eigenvalue weighted by Gasteiger charge is 2.24. The molecule has 14 heavy (non-hydrogen) atoms. The molecule has 3 nitrogen and oxygen atoms in total. The van der Waals surface area contributed by atoms with Gasteiger partial charge in [-0.25, -0.2) is 0 Å². The SMILES string of the molecule is CNC(=O)[C@@H]1CCNc2ccccc21. The zero-order valence-corrected chi connectivity index (χ0v) is 8.21. The summed E-state index contributed by atoms with van der Waals surface area (Å²) < 4.78 is 0. The van der Waals surface area contributed by atoms with Crippen molar-refractivity contribution in [2.45, 2.75) is 12.3 Å². The second-order valence-electron chi connectivity index (χ2n) is 3.47. The molecule has 0 bridgehead atoms. The average molecular weight is 190 g/mol. The van der Waals surface area contributed by atoms with Crippen molar-refractivity contribution in [2.75, 3.05) is 18.9 Å². The average Bonchev–Trinajstić information content (AvgIpc) is 2.27. The summed E-state index contributed by atoms with van der Waals surface area (Å²) in [4.78, 5) is 11.6. The van der Waals surface area contributed by atoms with E-state index in [1.165, 1.54) is 0 Å². The topological polar surface area (TPSA) is 41.1 Å². The molecule has 0 fully saturated rings. The number of para-hydroxylation sites is 1. The molecule has 0 aromatic heterocycles. The zero-order valence-electron chi connectivity index (χ0n) is 8.21. The lowest BCUT2D eigenvalue weighted by molar-refractivity contribution is -0.122. The first-order valence-electron chi connectivity index (χ1n) is 4.87. The fourth-order valence-electron chi connectivity index (χ4n) is 1.92. The van der Waals surface area contributed by atoms with Crippen LogP contribution in [0.4, 0.5) is 5.69 Å². The molecular formula is C11H14N2O. The van der Waals surface area contributed by atoms with Crippen LogP contribution in [-0.4, -0.2) is 19.5 Å². The van der Waals surface area contributed by atoms with Gasteiger partial charge in [0, 0.05) is 19.3 Å². The molecular weight excluding hydrogens is 176 g/mol.